The molecule has 2 heteroatoms. The van der Waals surface area contributed by atoms with Crippen LogP contribution in [-0.2, 0) is 0 Å². The quantitative estimate of drug-likeness (QED) is 0.626. The highest BCUT2D eigenvalue weighted by atomic mass is 16.3. The highest BCUT2D eigenvalue weighted by Gasteiger charge is 2.29. The Labute approximate surface area is 97.1 Å². The molecule has 0 aromatic carbocycles. The Hall–Kier alpha value is -1.18. The monoisotopic (exact) mass is 217 g/mol. The van der Waals surface area contributed by atoms with Crippen molar-refractivity contribution >= 4 is 0 Å². The molecule has 2 rings (SSSR count). The molecule has 0 saturated heterocycles. The Bertz CT molecular complexity index is 357. The second kappa shape index (κ2) is 4.77. The van der Waals surface area contributed by atoms with Crippen LogP contribution in [0, 0.1) is 10.3 Å². The first kappa shape index (κ1) is 11.3. The third-order valence-corrected chi connectivity index (χ3v) is 3.85. The zero-order valence-electron chi connectivity index (χ0n) is 9.91. The van der Waals surface area contributed by atoms with Crippen LogP contribution in [0.25, 0.3) is 0 Å². The van der Waals surface area contributed by atoms with E-state index in [2.05, 4.69) is 30.3 Å². The van der Waals surface area contributed by atoms with Crippen molar-refractivity contribution in [2.24, 2.45) is 10.6 Å². The largest absolute Gasteiger partial charge is 0.145 e. The van der Waals surface area contributed by atoms with Crippen LogP contribution in [0.15, 0.2) is 40.8 Å². The Morgan fingerprint density at radius 3 is 2.62 bits per heavy atom. The number of hydrogen-bond acceptors (Lipinski definition) is 2. The minimum Gasteiger partial charge on any atom is -0.145 e. The lowest BCUT2D eigenvalue weighted by Gasteiger charge is -2.34. The zero-order valence-corrected chi connectivity index (χ0v) is 9.91. The molecule has 86 valence electrons. The number of allylic oxidation sites excluding steroid dienone is 5. The van der Waals surface area contributed by atoms with Gasteiger partial charge < -0.3 is 0 Å². The molecule has 0 radical (unpaired) electrons. The maximum atomic E-state index is 10.5. The lowest BCUT2D eigenvalue weighted by Crippen LogP contribution is -2.21. The van der Waals surface area contributed by atoms with E-state index in [9.17, 15) is 4.91 Å². The van der Waals surface area contributed by atoms with Gasteiger partial charge in [-0.15, -0.1) is 4.91 Å². The third-order valence-electron chi connectivity index (χ3n) is 3.85. The minimum absolute atomic E-state index is 0.309. The van der Waals surface area contributed by atoms with Gasteiger partial charge in [0.05, 0.1) is 5.70 Å². The minimum atomic E-state index is 0.309. The van der Waals surface area contributed by atoms with E-state index in [4.69, 9.17) is 0 Å². The molecule has 2 nitrogen and oxygen atoms in total. The Morgan fingerprint density at radius 2 is 1.94 bits per heavy atom. The molecule has 0 heterocycles. The molecule has 2 aliphatic carbocycles. The van der Waals surface area contributed by atoms with Gasteiger partial charge in [-0.3, -0.25) is 0 Å². The summed E-state index contributed by atoms with van der Waals surface area (Å²) in [4.78, 5) is 10.5. The highest BCUT2D eigenvalue weighted by Crippen LogP contribution is 2.43. The summed E-state index contributed by atoms with van der Waals surface area (Å²) < 4.78 is 0. The Kier molecular flexibility index (Phi) is 3.37. The van der Waals surface area contributed by atoms with Crippen molar-refractivity contribution < 1.29 is 0 Å². The molecule has 0 spiro atoms. The predicted octanol–water partition coefficient (Wildman–Crippen LogP) is 4.49. The molecule has 0 unspecified atom stereocenters. The van der Waals surface area contributed by atoms with E-state index in [-0.39, 0.29) is 0 Å². The van der Waals surface area contributed by atoms with E-state index in [0.29, 0.717) is 17.5 Å². The van der Waals surface area contributed by atoms with Crippen LogP contribution in [0.3, 0.4) is 0 Å². The summed E-state index contributed by atoms with van der Waals surface area (Å²) in [5.41, 5.74) is 2.31. The molecule has 0 aromatic heterocycles. The van der Waals surface area contributed by atoms with Gasteiger partial charge in [0.15, 0.2) is 0 Å². The van der Waals surface area contributed by atoms with Crippen LogP contribution in [-0.4, -0.2) is 0 Å². The van der Waals surface area contributed by atoms with E-state index >= 15 is 0 Å². The van der Waals surface area contributed by atoms with E-state index < -0.39 is 0 Å². The zero-order chi connectivity index (χ0) is 11.4. The molecule has 0 N–H and O–H groups in total. The fourth-order valence-electron chi connectivity index (χ4n) is 2.71. The fourth-order valence-corrected chi connectivity index (χ4v) is 2.71. The summed E-state index contributed by atoms with van der Waals surface area (Å²) in [6, 6.07) is 0. The molecular formula is C14H19NO. The van der Waals surface area contributed by atoms with Crippen molar-refractivity contribution in [2.75, 3.05) is 0 Å². The van der Waals surface area contributed by atoms with Crippen LogP contribution >= 0.6 is 0 Å². The van der Waals surface area contributed by atoms with Crippen LogP contribution in [0.1, 0.15) is 45.4 Å². The van der Waals surface area contributed by atoms with Crippen LogP contribution in [0.5, 0.6) is 0 Å². The second-order valence-electron chi connectivity index (χ2n) is 5.10. The van der Waals surface area contributed by atoms with E-state index in [1.54, 1.807) is 0 Å². The van der Waals surface area contributed by atoms with Gasteiger partial charge in [0.1, 0.15) is 0 Å². The van der Waals surface area contributed by atoms with Crippen molar-refractivity contribution in [1.82, 2.24) is 0 Å². The van der Waals surface area contributed by atoms with Crippen molar-refractivity contribution in [1.29, 1.82) is 0 Å². The molecule has 1 fully saturated rings. The average molecular weight is 217 g/mol. The van der Waals surface area contributed by atoms with Crippen molar-refractivity contribution in [3.8, 4) is 0 Å². The van der Waals surface area contributed by atoms with Gasteiger partial charge >= 0.3 is 0 Å². The van der Waals surface area contributed by atoms with E-state index in [0.717, 1.165) is 0 Å². The molecule has 0 atom stereocenters. The first-order valence-electron chi connectivity index (χ1n) is 6.16. The topological polar surface area (TPSA) is 29.4 Å². The molecule has 0 bridgehead atoms. The smallest absolute Gasteiger partial charge is 0.0886 e. The summed E-state index contributed by atoms with van der Waals surface area (Å²) >= 11 is 0. The third kappa shape index (κ3) is 2.31. The molecule has 2 aliphatic rings. The summed E-state index contributed by atoms with van der Waals surface area (Å²) in [6.45, 7) is 2.34. The molecule has 0 aliphatic heterocycles. The van der Waals surface area contributed by atoms with Gasteiger partial charge in [-0.25, -0.2) is 0 Å². The number of rotatable bonds is 2. The summed E-state index contributed by atoms with van der Waals surface area (Å²) in [7, 11) is 0. The fraction of sp³-hybridized carbons (Fsp3) is 0.571. The van der Waals surface area contributed by atoms with Gasteiger partial charge in [0.2, 0.25) is 0 Å². The number of nitrogens with zero attached hydrogens (tertiary/aromatic N) is 1. The number of hydrogen-bond donors (Lipinski definition) is 0. The van der Waals surface area contributed by atoms with Crippen LogP contribution in [0.2, 0.25) is 0 Å². The normalized spacial score (nSPS) is 24.3. The van der Waals surface area contributed by atoms with Crippen LogP contribution < -0.4 is 0 Å². The van der Waals surface area contributed by atoms with E-state index in [1.165, 1.54) is 37.7 Å². The SMILES string of the molecule is CC1(C2=CC=C(N=O)CC=C2)CCCCC1. The maximum Gasteiger partial charge on any atom is 0.0886 e. The standard InChI is InChI=1S/C14H19NO/c1-14(10-3-2-4-11-14)12-6-5-7-13(15-16)9-8-12/h5-6,8-9H,2-4,7,10-11H2,1H3. The lowest BCUT2D eigenvalue weighted by atomic mass is 9.70. The van der Waals surface area contributed by atoms with Crippen molar-refractivity contribution in [3.63, 3.8) is 0 Å². The lowest BCUT2D eigenvalue weighted by molar-refractivity contribution is 0.273. The first-order valence-corrected chi connectivity index (χ1v) is 6.16. The molecule has 0 amide bonds. The van der Waals surface area contributed by atoms with Gasteiger partial charge in [-0.2, -0.15) is 0 Å². The first-order chi connectivity index (χ1) is 7.74. The molecule has 0 aromatic rings. The van der Waals surface area contributed by atoms with Gasteiger partial charge in [-0.05, 0) is 35.1 Å². The molecule has 16 heavy (non-hydrogen) atoms. The maximum absolute atomic E-state index is 10.5. The van der Waals surface area contributed by atoms with Crippen molar-refractivity contribution in [3.05, 3.63) is 40.5 Å². The average Bonchev–Trinajstić information content (AvgIpc) is 2.55. The second-order valence-corrected chi connectivity index (χ2v) is 5.10. The summed E-state index contributed by atoms with van der Waals surface area (Å²) in [5.74, 6) is 0. The van der Waals surface area contributed by atoms with E-state index in [1.807, 2.05) is 6.08 Å². The predicted molar refractivity (Wildman–Crippen MR) is 66.9 cm³/mol. The summed E-state index contributed by atoms with van der Waals surface area (Å²) in [5, 5.41) is 3.03. The Balaban J connectivity index is 2.22. The van der Waals surface area contributed by atoms with Gasteiger partial charge in [0.25, 0.3) is 0 Å². The number of nitroso groups, excluding NO2 is 1. The highest BCUT2D eigenvalue weighted by molar-refractivity contribution is 5.35. The Morgan fingerprint density at radius 1 is 1.19 bits per heavy atom. The van der Waals surface area contributed by atoms with Crippen molar-refractivity contribution in [2.45, 2.75) is 45.4 Å². The molecular weight excluding hydrogens is 198 g/mol. The molecule has 1 saturated carbocycles. The van der Waals surface area contributed by atoms with Gasteiger partial charge in [-0.1, -0.05) is 44.4 Å². The summed E-state index contributed by atoms with van der Waals surface area (Å²) in [6.07, 6.45) is 15.4. The van der Waals surface area contributed by atoms with Crippen LogP contribution in [0.4, 0.5) is 0 Å². The van der Waals surface area contributed by atoms with Gasteiger partial charge in [0, 0.05) is 6.42 Å².